The lowest BCUT2D eigenvalue weighted by Gasteiger charge is -2.21. The number of benzene rings is 1. The van der Waals surface area contributed by atoms with Crippen LogP contribution in [0.1, 0.15) is 41.0 Å². The van der Waals surface area contributed by atoms with E-state index in [1.54, 1.807) is 11.0 Å². The number of carbonyl (C=O) groups excluding carboxylic acids is 2. The highest BCUT2D eigenvalue weighted by atomic mass is 32.1. The predicted molar refractivity (Wildman–Crippen MR) is 99.5 cm³/mol. The van der Waals surface area contributed by atoms with Gasteiger partial charge in [-0.1, -0.05) is 6.07 Å². The largest absolute Gasteiger partial charge is 0.488 e. The molecule has 1 aromatic carbocycles. The van der Waals surface area contributed by atoms with Crippen molar-refractivity contribution in [1.82, 2.24) is 4.98 Å². The number of ketones is 1. The first kappa shape index (κ1) is 17.4. The van der Waals surface area contributed by atoms with Crippen LogP contribution < -0.4 is 9.64 Å². The first-order chi connectivity index (χ1) is 11.9. The number of thiazole rings is 1. The molecule has 2 aromatic rings. The van der Waals surface area contributed by atoms with E-state index in [1.165, 1.54) is 18.3 Å². The zero-order chi connectivity index (χ0) is 18.1. The molecule has 130 valence electrons. The number of amides is 1. The zero-order valence-corrected chi connectivity index (χ0v) is 15.6. The summed E-state index contributed by atoms with van der Waals surface area (Å²) < 4.78 is 5.78. The number of aryl methyl sites for hydroxylation is 2. The van der Waals surface area contributed by atoms with E-state index in [1.807, 2.05) is 38.3 Å². The van der Waals surface area contributed by atoms with Crippen molar-refractivity contribution in [2.75, 3.05) is 18.1 Å². The number of Topliss-reactive ketones (excluding diaryl/α,β-unsaturated/α-hetero) is 1. The Morgan fingerprint density at radius 3 is 2.84 bits per heavy atom. The van der Waals surface area contributed by atoms with E-state index in [4.69, 9.17) is 4.74 Å². The summed E-state index contributed by atoms with van der Waals surface area (Å²) in [5.41, 5.74) is 3.85. The highest BCUT2D eigenvalue weighted by Crippen LogP contribution is 2.32. The lowest BCUT2D eigenvalue weighted by molar-refractivity contribution is -0.116. The van der Waals surface area contributed by atoms with Crippen molar-refractivity contribution in [3.8, 4) is 5.75 Å². The van der Waals surface area contributed by atoms with Crippen molar-refractivity contribution in [1.29, 1.82) is 0 Å². The van der Waals surface area contributed by atoms with Crippen LogP contribution in [0.4, 0.5) is 5.13 Å². The summed E-state index contributed by atoms with van der Waals surface area (Å²) in [7, 11) is 0. The first-order valence-corrected chi connectivity index (χ1v) is 9.01. The van der Waals surface area contributed by atoms with Crippen LogP contribution >= 0.6 is 11.3 Å². The van der Waals surface area contributed by atoms with Gasteiger partial charge in [0.1, 0.15) is 12.4 Å². The summed E-state index contributed by atoms with van der Waals surface area (Å²) in [5, 5.41) is 2.48. The van der Waals surface area contributed by atoms with Gasteiger partial charge in [0, 0.05) is 24.4 Å². The predicted octanol–water partition coefficient (Wildman–Crippen LogP) is 3.79. The van der Waals surface area contributed by atoms with Crippen molar-refractivity contribution >= 4 is 34.2 Å². The van der Waals surface area contributed by atoms with Crippen molar-refractivity contribution in [2.45, 2.75) is 27.7 Å². The Morgan fingerprint density at radius 1 is 1.40 bits per heavy atom. The van der Waals surface area contributed by atoms with E-state index < -0.39 is 0 Å². The molecule has 3 rings (SSSR count). The van der Waals surface area contributed by atoms with Crippen LogP contribution in [0.3, 0.4) is 0 Å². The van der Waals surface area contributed by atoms with Crippen molar-refractivity contribution in [2.24, 2.45) is 0 Å². The number of anilines is 1. The number of ether oxygens (including phenoxy) is 1. The number of fused-ring (bicyclic) bond motifs is 1. The van der Waals surface area contributed by atoms with Crippen LogP contribution in [0.5, 0.6) is 5.75 Å². The van der Waals surface area contributed by atoms with E-state index in [9.17, 15) is 9.59 Å². The van der Waals surface area contributed by atoms with Gasteiger partial charge in [0.2, 0.25) is 5.91 Å². The fraction of sp³-hybridized carbons (Fsp3) is 0.316. The lowest BCUT2D eigenvalue weighted by Crippen LogP contribution is -2.27. The number of carbonyl (C=O) groups is 2. The Labute approximate surface area is 150 Å². The first-order valence-electron chi connectivity index (χ1n) is 8.13. The van der Waals surface area contributed by atoms with Gasteiger partial charge >= 0.3 is 0 Å². The molecule has 0 atom stereocenters. The van der Waals surface area contributed by atoms with Crippen LogP contribution in [-0.2, 0) is 4.79 Å². The molecule has 0 saturated carbocycles. The van der Waals surface area contributed by atoms with Crippen LogP contribution in [0.2, 0.25) is 0 Å². The summed E-state index contributed by atoms with van der Waals surface area (Å²) >= 11 is 1.39. The second-order valence-electron chi connectivity index (χ2n) is 6.06. The average Bonchev–Trinajstić information content (AvgIpc) is 2.98. The maximum atomic E-state index is 12.8. The summed E-state index contributed by atoms with van der Waals surface area (Å²) in [6, 6.07) is 3.87. The number of hydrogen-bond donors (Lipinski definition) is 0. The lowest BCUT2D eigenvalue weighted by atomic mass is 9.94. The molecule has 1 aromatic heterocycles. The number of nitrogens with zero attached hydrogens (tertiary/aromatic N) is 2. The molecule has 25 heavy (non-hydrogen) atoms. The van der Waals surface area contributed by atoms with E-state index in [0.29, 0.717) is 34.3 Å². The molecule has 0 fully saturated rings. The maximum absolute atomic E-state index is 12.8. The molecule has 0 spiro atoms. The van der Waals surface area contributed by atoms with Gasteiger partial charge in [0.05, 0.1) is 11.3 Å². The average molecular weight is 356 g/mol. The molecule has 2 heterocycles. The Balaban J connectivity index is 1.92. The molecule has 0 saturated heterocycles. The topological polar surface area (TPSA) is 59.5 Å². The van der Waals surface area contributed by atoms with Crippen LogP contribution in [-0.4, -0.2) is 29.8 Å². The molecule has 6 heteroatoms. The van der Waals surface area contributed by atoms with Gasteiger partial charge in [-0.2, -0.15) is 0 Å². The fourth-order valence-corrected chi connectivity index (χ4v) is 3.85. The third kappa shape index (κ3) is 3.35. The smallest absolute Gasteiger partial charge is 0.225 e. The molecule has 1 amide bonds. The number of hydrogen-bond acceptors (Lipinski definition) is 5. The van der Waals surface area contributed by atoms with Gasteiger partial charge in [-0.05, 0) is 44.0 Å². The molecular weight excluding hydrogens is 336 g/mol. The molecule has 0 aliphatic carbocycles. The van der Waals surface area contributed by atoms with E-state index in [-0.39, 0.29) is 18.3 Å². The molecular formula is C19H20N2O3S. The summed E-state index contributed by atoms with van der Waals surface area (Å²) in [4.78, 5) is 30.5. The SMILES string of the molecule is CCN(C(C)=O)c1nc(C=C2COc3cc(C)cc(C)c3C2=O)cs1. The highest BCUT2D eigenvalue weighted by Gasteiger charge is 2.26. The molecule has 1 aliphatic heterocycles. The Kier molecular flexibility index (Phi) is 4.72. The third-order valence-corrected chi connectivity index (χ3v) is 4.99. The summed E-state index contributed by atoms with van der Waals surface area (Å²) in [5.74, 6) is 0.577. The van der Waals surface area contributed by atoms with Crippen LogP contribution in [0.25, 0.3) is 6.08 Å². The Morgan fingerprint density at radius 2 is 2.16 bits per heavy atom. The minimum atomic E-state index is -0.0481. The third-order valence-electron chi connectivity index (χ3n) is 4.10. The summed E-state index contributed by atoms with van der Waals surface area (Å²) in [6.45, 7) is 8.11. The van der Waals surface area contributed by atoms with Gasteiger partial charge in [-0.15, -0.1) is 11.3 Å². The molecule has 0 bridgehead atoms. The van der Waals surface area contributed by atoms with Crippen molar-refractivity contribution < 1.29 is 14.3 Å². The van der Waals surface area contributed by atoms with E-state index in [0.717, 1.165) is 11.1 Å². The summed E-state index contributed by atoms with van der Waals surface area (Å²) in [6.07, 6.45) is 1.75. The minimum Gasteiger partial charge on any atom is -0.488 e. The van der Waals surface area contributed by atoms with Crippen LogP contribution in [0, 0.1) is 13.8 Å². The minimum absolute atomic E-state index is 0.0211. The van der Waals surface area contributed by atoms with Gasteiger partial charge in [0.15, 0.2) is 10.9 Å². The monoisotopic (exact) mass is 356 g/mol. The van der Waals surface area contributed by atoms with E-state index >= 15 is 0 Å². The Bertz CT molecular complexity index is 883. The molecule has 1 aliphatic rings. The second-order valence-corrected chi connectivity index (χ2v) is 6.90. The fourth-order valence-electron chi connectivity index (χ4n) is 2.96. The molecule has 0 N–H and O–H groups in total. The van der Waals surface area contributed by atoms with Crippen molar-refractivity contribution in [3.05, 3.63) is 45.5 Å². The van der Waals surface area contributed by atoms with Gasteiger partial charge in [-0.3, -0.25) is 14.5 Å². The molecule has 5 nitrogen and oxygen atoms in total. The van der Waals surface area contributed by atoms with Gasteiger partial charge in [-0.25, -0.2) is 4.98 Å². The molecule has 0 unspecified atom stereocenters. The maximum Gasteiger partial charge on any atom is 0.225 e. The van der Waals surface area contributed by atoms with Gasteiger partial charge in [0.25, 0.3) is 0 Å². The second kappa shape index (κ2) is 6.80. The van der Waals surface area contributed by atoms with Crippen LogP contribution in [0.15, 0.2) is 23.1 Å². The highest BCUT2D eigenvalue weighted by molar-refractivity contribution is 7.14. The van der Waals surface area contributed by atoms with E-state index in [2.05, 4.69) is 4.98 Å². The zero-order valence-electron chi connectivity index (χ0n) is 14.8. The van der Waals surface area contributed by atoms with Crippen molar-refractivity contribution in [3.63, 3.8) is 0 Å². The quantitative estimate of drug-likeness (QED) is 0.785. The Hall–Kier alpha value is -2.47. The van der Waals surface area contributed by atoms with Gasteiger partial charge < -0.3 is 4.74 Å². The normalized spacial score (nSPS) is 15.0. The number of rotatable bonds is 3. The number of aromatic nitrogens is 1. The standard InChI is InChI=1S/C19H20N2O3S/c1-5-21(13(4)22)19-20-15(10-25-19)8-14-9-24-16-7-11(2)6-12(3)17(16)18(14)23/h6-8,10H,5,9H2,1-4H3. The molecule has 0 radical (unpaired) electrons.